The molecule has 1 aliphatic rings. The third kappa shape index (κ3) is 4.12. The Morgan fingerprint density at radius 3 is 2.80 bits per heavy atom. The van der Waals surface area contributed by atoms with Crippen molar-refractivity contribution in [1.29, 1.82) is 0 Å². The van der Waals surface area contributed by atoms with Gasteiger partial charge in [-0.25, -0.2) is 4.79 Å². The summed E-state index contributed by atoms with van der Waals surface area (Å²) in [5.41, 5.74) is 0.929. The van der Waals surface area contributed by atoms with Gasteiger partial charge in [0.1, 0.15) is 5.75 Å². The zero-order chi connectivity index (χ0) is 14.8. The molecule has 5 heteroatoms. The van der Waals surface area contributed by atoms with Gasteiger partial charge in [0.25, 0.3) is 0 Å². The van der Waals surface area contributed by atoms with Crippen LogP contribution >= 0.6 is 11.6 Å². The summed E-state index contributed by atoms with van der Waals surface area (Å²) in [5, 5.41) is 4.04. The van der Waals surface area contributed by atoms with Crippen LogP contribution in [0.4, 0.5) is 0 Å². The lowest BCUT2D eigenvalue weighted by Gasteiger charge is -2.22. The molecule has 1 aliphatic heterocycles. The summed E-state index contributed by atoms with van der Waals surface area (Å²) in [4.78, 5) is 11.5. The van der Waals surface area contributed by atoms with E-state index in [1.54, 1.807) is 12.1 Å². The lowest BCUT2D eigenvalue weighted by molar-refractivity contribution is -0.143. The van der Waals surface area contributed by atoms with Crippen molar-refractivity contribution in [3.8, 4) is 5.75 Å². The Hall–Kier alpha value is -1.26. The largest absolute Gasteiger partial charge is 0.478 e. The second-order valence-corrected chi connectivity index (χ2v) is 6.35. The monoisotopic (exact) mass is 297 g/mol. The van der Waals surface area contributed by atoms with Crippen LogP contribution in [0.3, 0.4) is 0 Å². The van der Waals surface area contributed by atoms with Crippen LogP contribution in [-0.4, -0.2) is 24.2 Å². The maximum Gasteiger partial charge on any atom is 0.347 e. The highest BCUT2D eigenvalue weighted by Crippen LogP contribution is 2.26. The van der Waals surface area contributed by atoms with Crippen molar-refractivity contribution in [1.82, 2.24) is 5.32 Å². The molecule has 110 valence electrons. The standard InChI is InChI=1S/C15H20ClNO3/c1-15(2,3)17-9-10-8-11(16)4-5-12(10)20-13-6-7-19-14(13)18/h4-5,8,13,17H,6-7,9H2,1-3H3. The van der Waals surface area contributed by atoms with Gasteiger partial charge < -0.3 is 14.8 Å². The van der Waals surface area contributed by atoms with Gasteiger partial charge >= 0.3 is 5.97 Å². The highest BCUT2D eigenvalue weighted by Gasteiger charge is 2.29. The minimum Gasteiger partial charge on any atom is -0.478 e. The van der Waals surface area contributed by atoms with Crippen molar-refractivity contribution in [3.63, 3.8) is 0 Å². The number of cyclic esters (lactones) is 1. The van der Waals surface area contributed by atoms with Gasteiger partial charge in [-0.05, 0) is 39.0 Å². The molecule has 4 nitrogen and oxygen atoms in total. The number of hydrogen-bond donors (Lipinski definition) is 1. The molecule has 1 aromatic carbocycles. The van der Waals surface area contributed by atoms with Crippen molar-refractivity contribution in [3.05, 3.63) is 28.8 Å². The van der Waals surface area contributed by atoms with Crippen molar-refractivity contribution in [2.75, 3.05) is 6.61 Å². The van der Waals surface area contributed by atoms with E-state index in [9.17, 15) is 4.79 Å². The Kier molecular flexibility index (Phi) is 4.55. The van der Waals surface area contributed by atoms with Gasteiger partial charge in [0.2, 0.25) is 0 Å². The molecule has 1 saturated heterocycles. The van der Waals surface area contributed by atoms with Crippen LogP contribution < -0.4 is 10.1 Å². The molecule has 1 atom stereocenters. The van der Waals surface area contributed by atoms with Crippen LogP contribution in [-0.2, 0) is 16.1 Å². The maximum atomic E-state index is 11.5. The summed E-state index contributed by atoms with van der Waals surface area (Å²) >= 11 is 6.04. The molecule has 0 aromatic heterocycles. The zero-order valence-electron chi connectivity index (χ0n) is 12.0. The van der Waals surface area contributed by atoms with Gasteiger partial charge in [0.15, 0.2) is 6.10 Å². The molecule has 0 radical (unpaired) electrons. The Bertz CT molecular complexity index is 496. The molecule has 1 N–H and O–H groups in total. The summed E-state index contributed by atoms with van der Waals surface area (Å²) in [5.74, 6) is 0.379. The molecule has 0 bridgehead atoms. The molecular weight excluding hydrogens is 278 g/mol. The zero-order valence-corrected chi connectivity index (χ0v) is 12.8. The smallest absolute Gasteiger partial charge is 0.347 e. The van der Waals surface area contributed by atoms with Crippen molar-refractivity contribution >= 4 is 17.6 Å². The van der Waals surface area contributed by atoms with Crippen LogP contribution in [0.25, 0.3) is 0 Å². The topological polar surface area (TPSA) is 47.6 Å². The Balaban J connectivity index is 2.12. The third-order valence-electron chi connectivity index (χ3n) is 2.99. The fourth-order valence-electron chi connectivity index (χ4n) is 1.90. The number of halogens is 1. The number of benzene rings is 1. The predicted molar refractivity (Wildman–Crippen MR) is 78.0 cm³/mol. The van der Waals surface area contributed by atoms with E-state index < -0.39 is 6.10 Å². The SMILES string of the molecule is CC(C)(C)NCc1cc(Cl)ccc1OC1CCOC1=O. The first kappa shape index (κ1) is 15.1. The van der Waals surface area contributed by atoms with E-state index in [0.717, 1.165) is 5.56 Å². The van der Waals surface area contributed by atoms with E-state index in [-0.39, 0.29) is 11.5 Å². The van der Waals surface area contributed by atoms with Crippen LogP contribution in [0.1, 0.15) is 32.8 Å². The quantitative estimate of drug-likeness (QED) is 0.868. The molecule has 0 saturated carbocycles. The summed E-state index contributed by atoms with van der Waals surface area (Å²) in [6, 6.07) is 5.42. The number of nitrogens with one attached hydrogen (secondary N) is 1. The van der Waals surface area contributed by atoms with Crippen molar-refractivity contribution in [2.45, 2.75) is 45.4 Å². The van der Waals surface area contributed by atoms with E-state index in [1.807, 2.05) is 6.07 Å². The first-order chi connectivity index (χ1) is 9.35. The van der Waals surface area contributed by atoms with Gasteiger partial charge in [0.05, 0.1) is 6.61 Å². The lowest BCUT2D eigenvalue weighted by atomic mass is 10.1. The Morgan fingerprint density at radius 2 is 2.20 bits per heavy atom. The number of ether oxygens (including phenoxy) is 2. The molecule has 1 aromatic rings. The Labute approximate surface area is 124 Å². The molecule has 1 unspecified atom stereocenters. The normalized spacial score (nSPS) is 19.0. The fourth-order valence-corrected chi connectivity index (χ4v) is 2.09. The Morgan fingerprint density at radius 1 is 1.45 bits per heavy atom. The molecule has 2 rings (SSSR count). The molecule has 0 amide bonds. The molecule has 1 fully saturated rings. The van der Waals surface area contributed by atoms with Gasteiger partial charge in [0, 0.05) is 29.1 Å². The number of hydrogen-bond acceptors (Lipinski definition) is 4. The fraction of sp³-hybridized carbons (Fsp3) is 0.533. The van der Waals surface area contributed by atoms with Crippen LogP contribution in [0.15, 0.2) is 18.2 Å². The van der Waals surface area contributed by atoms with Crippen LogP contribution in [0.5, 0.6) is 5.75 Å². The van der Waals surface area contributed by atoms with Gasteiger partial charge in [-0.15, -0.1) is 0 Å². The maximum absolute atomic E-state index is 11.5. The minimum atomic E-state index is -0.510. The highest BCUT2D eigenvalue weighted by atomic mass is 35.5. The second-order valence-electron chi connectivity index (χ2n) is 5.92. The number of rotatable bonds is 4. The van der Waals surface area contributed by atoms with Crippen molar-refractivity contribution in [2.24, 2.45) is 0 Å². The third-order valence-corrected chi connectivity index (χ3v) is 3.22. The first-order valence-electron chi connectivity index (χ1n) is 6.72. The average molecular weight is 298 g/mol. The molecule has 0 aliphatic carbocycles. The number of esters is 1. The first-order valence-corrected chi connectivity index (χ1v) is 7.10. The van der Waals surface area contributed by atoms with E-state index in [0.29, 0.717) is 30.3 Å². The molecule has 0 spiro atoms. The summed E-state index contributed by atoms with van der Waals surface area (Å²) in [6.07, 6.45) is 0.0812. The number of carbonyl (C=O) groups excluding carboxylic acids is 1. The minimum absolute atomic E-state index is 0.00806. The summed E-state index contributed by atoms with van der Waals surface area (Å²) in [6.45, 7) is 7.32. The van der Waals surface area contributed by atoms with E-state index in [4.69, 9.17) is 21.1 Å². The van der Waals surface area contributed by atoms with Crippen LogP contribution in [0, 0.1) is 0 Å². The van der Waals surface area contributed by atoms with E-state index in [2.05, 4.69) is 26.1 Å². The number of carbonyl (C=O) groups is 1. The van der Waals surface area contributed by atoms with Gasteiger partial charge in [-0.1, -0.05) is 11.6 Å². The van der Waals surface area contributed by atoms with E-state index in [1.165, 1.54) is 0 Å². The van der Waals surface area contributed by atoms with E-state index >= 15 is 0 Å². The molecular formula is C15H20ClNO3. The van der Waals surface area contributed by atoms with Gasteiger partial charge in [-0.3, -0.25) is 0 Å². The summed E-state index contributed by atoms with van der Waals surface area (Å²) in [7, 11) is 0. The molecule has 20 heavy (non-hydrogen) atoms. The second kappa shape index (κ2) is 6.02. The van der Waals surface area contributed by atoms with Crippen LogP contribution in [0.2, 0.25) is 5.02 Å². The van der Waals surface area contributed by atoms with Crippen molar-refractivity contribution < 1.29 is 14.3 Å². The lowest BCUT2D eigenvalue weighted by Crippen LogP contribution is -2.35. The van der Waals surface area contributed by atoms with Gasteiger partial charge in [-0.2, -0.15) is 0 Å². The predicted octanol–water partition coefficient (Wildman–Crippen LogP) is 2.92. The summed E-state index contributed by atoms with van der Waals surface area (Å²) < 4.78 is 10.7. The average Bonchev–Trinajstić information content (AvgIpc) is 2.74. The molecule has 1 heterocycles. The highest BCUT2D eigenvalue weighted by molar-refractivity contribution is 6.30.